The summed E-state index contributed by atoms with van der Waals surface area (Å²) in [7, 11) is -1.67. The van der Waals surface area contributed by atoms with E-state index in [2.05, 4.69) is 24.7 Å². The standard InChI is InChI=1S/C24H21F2N5O2S/c1-2-7-34(33)31-21-19(25)6-5-16(20(21)26)22(32)18-12-30-24-17(18)8-14(9-29-24)15-10-27-23(28-11-15)13-3-4-13/h5-6,8-13,31H,2-4,7H2,1H3,(H,29,30). The van der Waals surface area contributed by atoms with Crippen LogP contribution in [0.5, 0.6) is 0 Å². The van der Waals surface area contributed by atoms with Gasteiger partial charge in [-0.05, 0) is 37.5 Å². The first-order valence-electron chi connectivity index (χ1n) is 10.9. The van der Waals surface area contributed by atoms with Crippen LogP contribution in [0.2, 0.25) is 0 Å². The molecule has 1 fully saturated rings. The smallest absolute Gasteiger partial charge is 0.198 e. The average molecular weight is 482 g/mol. The average Bonchev–Trinajstić information content (AvgIpc) is 3.60. The minimum Gasteiger partial charge on any atom is -0.345 e. The zero-order valence-corrected chi connectivity index (χ0v) is 19.1. The molecule has 174 valence electrons. The van der Waals surface area contributed by atoms with Crippen LogP contribution >= 0.6 is 0 Å². The van der Waals surface area contributed by atoms with Crippen LogP contribution < -0.4 is 4.72 Å². The molecule has 0 saturated heterocycles. The summed E-state index contributed by atoms with van der Waals surface area (Å²) in [4.78, 5) is 29.4. The van der Waals surface area contributed by atoms with Gasteiger partial charge in [-0.2, -0.15) is 0 Å². The topological polar surface area (TPSA) is 101 Å². The third-order valence-electron chi connectivity index (χ3n) is 5.66. The quantitative estimate of drug-likeness (QED) is 0.349. The zero-order chi connectivity index (χ0) is 23.8. The molecule has 1 atom stereocenters. The van der Waals surface area contributed by atoms with Crippen LogP contribution in [0.15, 0.2) is 43.0 Å². The van der Waals surface area contributed by atoms with E-state index in [-0.39, 0.29) is 16.9 Å². The van der Waals surface area contributed by atoms with E-state index in [1.807, 2.05) is 0 Å². The van der Waals surface area contributed by atoms with Gasteiger partial charge in [0.05, 0.1) is 5.56 Å². The Labute approximate surface area is 196 Å². The first kappa shape index (κ1) is 22.3. The molecule has 1 saturated carbocycles. The number of pyridine rings is 1. The van der Waals surface area contributed by atoms with Crippen molar-refractivity contribution in [2.45, 2.75) is 32.1 Å². The van der Waals surface area contributed by atoms with Gasteiger partial charge in [-0.1, -0.05) is 6.92 Å². The van der Waals surface area contributed by atoms with Gasteiger partial charge >= 0.3 is 0 Å². The molecule has 7 nitrogen and oxygen atoms in total. The van der Waals surface area contributed by atoms with Crippen molar-refractivity contribution in [3.63, 3.8) is 0 Å². The van der Waals surface area contributed by atoms with E-state index in [1.54, 1.807) is 31.6 Å². The van der Waals surface area contributed by atoms with Gasteiger partial charge in [0.15, 0.2) is 11.6 Å². The fourth-order valence-corrected chi connectivity index (χ4v) is 4.59. The Bertz CT molecular complexity index is 1420. The fourth-order valence-electron chi connectivity index (χ4n) is 3.71. The summed E-state index contributed by atoms with van der Waals surface area (Å²) in [5.41, 5.74) is 1.18. The summed E-state index contributed by atoms with van der Waals surface area (Å²) in [6.07, 6.45) is 9.33. The van der Waals surface area contributed by atoms with Crippen LogP contribution in [0.3, 0.4) is 0 Å². The van der Waals surface area contributed by atoms with Gasteiger partial charge in [-0.25, -0.2) is 27.9 Å². The van der Waals surface area contributed by atoms with Gasteiger partial charge in [0, 0.05) is 58.5 Å². The summed E-state index contributed by atoms with van der Waals surface area (Å²) in [6, 6.07) is 3.83. The number of hydrogen-bond acceptors (Lipinski definition) is 5. The monoisotopic (exact) mass is 481 g/mol. The SMILES string of the molecule is CCCS(=O)Nc1c(F)ccc(C(=O)c2c[nH]c3ncc(-c4cnc(C5CC5)nc4)cc23)c1F. The van der Waals surface area contributed by atoms with Crippen molar-refractivity contribution in [3.05, 3.63) is 71.6 Å². The van der Waals surface area contributed by atoms with Crippen LogP contribution in [0, 0.1) is 11.6 Å². The molecule has 0 spiro atoms. The van der Waals surface area contributed by atoms with E-state index in [4.69, 9.17) is 0 Å². The molecule has 3 heterocycles. The van der Waals surface area contributed by atoms with Gasteiger partial charge in [0.2, 0.25) is 0 Å². The van der Waals surface area contributed by atoms with E-state index in [1.165, 1.54) is 6.20 Å². The lowest BCUT2D eigenvalue weighted by molar-refractivity contribution is 0.103. The number of fused-ring (bicyclic) bond motifs is 1. The normalized spacial score (nSPS) is 14.3. The number of hydrogen-bond donors (Lipinski definition) is 2. The second-order valence-corrected chi connectivity index (χ2v) is 9.49. The first-order chi connectivity index (χ1) is 16.5. The Morgan fingerprint density at radius 3 is 2.56 bits per heavy atom. The minimum atomic E-state index is -1.67. The molecule has 10 heteroatoms. The Morgan fingerprint density at radius 1 is 1.12 bits per heavy atom. The molecule has 1 aliphatic rings. The summed E-state index contributed by atoms with van der Waals surface area (Å²) < 4.78 is 43.7. The predicted octanol–water partition coefficient (Wildman–Crippen LogP) is 4.89. The van der Waals surface area contributed by atoms with Crippen LogP contribution in [-0.2, 0) is 11.0 Å². The molecule has 0 radical (unpaired) electrons. The van der Waals surface area contributed by atoms with Crippen molar-refractivity contribution in [1.82, 2.24) is 19.9 Å². The Balaban J connectivity index is 1.50. The molecule has 5 rings (SSSR count). The van der Waals surface area contributed by atoms with Gasteiger partial charge in [0.1, 0.15) is 34.0 Å². The summed E-state index contributed by atoms with van der Waals surface area (Å²) in [5, 5.41) is 0.488. The molecule has 3 aromatic heterocycles. The van der Waals surface area contributed by atoms with Crippen LogP contribution in [0.4, 0.5) is 14.5 Å². The Hall–Kier alpha value is -3.53. The summed E-state index contributed by atoms with van der Waals surface area (Å²) in [5.74, 6) is -1.17. The number of anilines is 1. The lowest BCUT2D eigenvalue weighted by Gasteiger charge is -2.11. The van der Waals surface area contributed by atoms with Crippen LogP contribution in [0.1, 0.15) is 53.8 Å². The maximum absolute atomic E-state index is 15.1. The number of aromatic nitrogens is 4. The number of ketones is 1. The molecule has 34 heavy (non-hydrogen) atoms. The molecule has 0 bridgehead atoms. The first-order valence-corrected chi connectivity index (χ1v) is 12.2. The van der Waals surface area contributed by atoms with Crippen molar-refractivity contribution >= 4 is 33.5 Å². The van der Waals surface area contributed by atoms with E-state index in [9.17, 15) is 13.4 Å². The molecule has 0 amide bonds. The van der Waals surface area contributed by atoms with Gasteiger partial charge < -0.3 is 4.98 Å². The Kier molecular flexibility index (Phi) is 5.91. The van der Waals surface area contributed by atoms with Gasteiger partial charge in [-0.3, -0.25) is 9.52 Å². The second-order valence-electron chi connectivity index (χ2n) is 8.19. The molecule has 2 N–H and O–H groups in total. The van der Waals surface area contributed by atoms with Gasteiger partial charge in [-0.15, -0.1) is 0 Å². The molecule has 1 aromatic carbocycles. The van der Waals surface area contributed by atoms with Crippen molar-refractivity contribution < 1.29 is 17.8 Å². The number of aromatic amines is 1. The number of rotatable bonds is 8. The minimum absolute atomic E-state index is 0.186. The third kappa shape index (κ3) is 4.21. The number of H-pyrrole nitrogens is 1. The number of benzene rings is 1. The van der Waals surface area contributed by atoms with Gasteiger partial charge in [0.25, 0.3) is 0 Å². The lowest BCUT2D eigenvalue weighted by Crippen LogP contribution is -2.13. The van der Waals surface area contributed by atoms with Crippen LogP contribution in [0.25, 0.3) is 22.2 Å². The molecule has 0 aliphatic heterocycles. The summed E-state index contributed by atoms with van der Waals surface area (Å²) >= 11 is 0. The third-order valence-corrected chi connectivity index (χ3v) is 6.88. The highest BCUT2D eigenvalue weighted by Crippen LogP contribution is 2.38. The molecular formula is C24H21F2N5O2S. The highest BCUT2D eigenvalue weighted by Gasteiger charge is 2.26. The highest BCUT2D eigenvalue weighted by molar-refractivity contribution is 7.86. The van der Waals surface area contributed by atoms with Crippen molar-refractivity contribution in [3.8, 4) is 11.1 Å². The zero-order valence-electron chi connectivity index (χ0n) is 18.3. The predicted molar refractivity (Wildman–Crippen MR) is 126 cm³/mol. The van der Waals surface area contributed by atoms with E-state index < -0.39 is 34.1 Å². The lowest BCUT2D eigenvalue weighted by atomic mass is 10.0. The number of carbonyl (C=O) groups is 1. The molecule has 1 unspecified atom stereocenters. The maximum Gasteiger partial charge on any atom is 0.198 e. The number of halogens is 2. The van der Waals surface area contributed by atoms with Crippen molar-refractivity contribution in [2.75, 3.05) is 10.5 Å². The number of carbonyl (C=O) groups excluding carboxylic acids is 1. The number of nitrogens with one attached hydrogen (secondary N) is 2. The van der Waals surface area contributed by atoms with Crippen LogP contribution in [-0.4, -0.2) is 35.7 Å². The highest BCUT2D eigenvalue weighted by atomic mass is 32.2. The Morgan fingerprint density at radius 2 is 1.85 bits per heavy atom. The molecule has 1 aliphatic carbocycles. The van der Waals surface area contributed by atoms with E-state index in [0.29, 0.717) is 28.9 Å². The number of nitrogens with zero attached hydrogens (tertiary/aromatic N) is 3. The van der Waals surface area contributed by atoms with Crippen molar-refractivity contribution in [1.29, 1.82) is 0 Å². The largest absolute Gasteiger partial charge is 0.345 e. The van der Waals surface area contributed by atoms with Crippen molar-refractivity contribution in [2.24, 2.45) is 0 Å². The summed E-state index contributed by atoms with van der Waals surface area (Å²) in [6.45, 7) is 1.80. The van der Waals surface area contributed by atoms with E-state index >= 15 is 4.39 Å². The molecule has 4 aromatic rings. The fraction of sp³-hybridized carbons (Fsp3) is 0.250. The second kappa shape index (κ2) is 9.02. The molecular weight excluding hydrogens is 460 g/mol. The maximum atomic E-state index is 15.1. The van der Waals surface area contributed by atoms with E-state index in [0.717, 1.165) is 36.4 Å².